The molecule has 0 aliphatic heterocycles. The normalized spacial score (nSPS) is 17.6. The first-order chi connectivity index (χ1) is 15.0. The summed E-state index contributed by atoms with van der Waals surface area (Å²) in [7, 11) is 7.07. The molecular formula is C22H33F3N6OS2. The molecule has 0 radical (unpaired) electrons. The first-order valence-electron chi connectivity index (χ1n) is 10.5. The van der Waals surface area contributed by atoms with Crippen molar-refractivity contribution in [2.75, 3.05) is 43.3 Å². The Labute approximate surface area is 212 Å². The second-order valence-electron chi connectivity index (χ2n) is 8.44. The van der Waals surface area contributed by atoms with Crippen molar-refractivity contribution in [3.8, 4) is 0 Å². The molecule has 190 valence electrons. The standard InChI is InChI=1S/C22H29F3N6O.2H2S/c1-30(2)17-11-5-14(6-12-17)20(32)27-16-9-7-15(8-10-16)26-19-13-18(22(23,24)25)28-21(29-19)31(3)4;;/h5-6,11-13,15-16H,7-10H2,1-4H3,(H,27,32)(H,26,28,29);2*1H2. The van der Waals surface area contributed by atoms with Gasteiger partial charge in [-0.15, -0.1) is 0 Å². The molecule has 1 fully saturated rings. The molecule has 1 aliphatic carbocycles. The lowest BCUT2D eigenvalue weighted by Crippen LogP contribution is -2.40. The van der Waals surface area contributed by atoms with Crippen molar-refractivity contribution < 1.29 is 18.0 Å². The van der Waals surface area contributed by atoms with Crippen LogP contribution in [0, 0.1) is 0 Å². The number of anilines is 3. The Bertz CT molecular complexity index is 933. The quantitative estimate of drug-likeness (QED) is 0.602. The van der Waals surface area contributed by atoms with E-state index in [0.29, 0.717) is 18.4 Å². The highest BCUT2D eigenvalue weighted by molar-refractivity contribution is 7.59. The summed E-state index contributed by atoms with van der Waals surface area (Å²) in [4.78, 5) is 23.7. The van der Waals surface area contributed by atoms with Gasteiger partial charge in [-0.1, -0.05) is 0 Å². The fourth-order valence-electron chi connectivity index (χ4n) is 3.62. The number of nitrogens with one attached hydrogen (secondary N) is 2. The van der Waals surface area contributed by atoms with E-state index in [0.717, 1.165) is 24.6 Å². The summed E-state index contributed by atoms with van der Waals surface area (Å²) >= 11 is 0. The number of halogens is 3. The van der Waals surface area contributed by atoms with Crippen LogP contribution in [0.25, 0.3) is 0 Å². The van der Waals surface area contributed by atoms with E-state index < -0.39 is 11.9 Å². The molecule has 12 heteroatoms. The van der Waals surface area contributed by atoms with Crippen LogP contribution in [-0.2, 0) is 6.18 Å². The van der Waals surface area contributed by atoms with Gasteiger partial charge in [0, 0.05) is 57.6 Å². The molecule has 1 amide bonds. The molecule has 34 heavy (non-hydrogen) atoms. The van der Waals surface area contributed by atoms with Crippen molar-refractivity contribution in [1.82, 2.24) is 15.3 Å². The van der Waals surface area contributed by atoms with Gasteiger partial charge in [-0.25, -0.2) is 4.98 Å². The van der Waals surface area contributed by atoms with Crippen molar-refractivity contribution in [1.29, 1.82) is 0 Å². The number of aromatic nitrogens is 2. The minimum Gasteiger partial charge on any atom is -0.378 e. The highest BCUT2D eigenvalue weighted by atomic mass is 32.1. The number of hydrogen-bond acceptors (Lipinski definition) is 6. The summed E-state index contributed by atoms with van der Waals surface area (Å²) in [5.41, 5.74) is 0.650. The van der Waals surface area contributed by atoms with Crippen LogP contribution in [-0.4, -0.2) is 56.1 Å². The minimum absolute atomic E-state index is 0. The van der Waals surface area contributed by atoms with Crippen LogP contribution >= 0.6 is 27.0 Å². The molecule has 1 aromatic heterocycles. The summed E-state index contributed by atoms with van der Waals surface area (Å²) in [5, 5.41) is 6.18. The molecule has 2 aromatic rings. The summed E-state index contributed by atoms with van der Waals surface area (Å²) in [6, 6.07) is 8.35. The van der Waals surface area contributed by atoms with E-state index in [4.69, 9.17) is 0 Å². The first-order valence-corrected chi connectivity index (χ1v) is 10.5. The number of hydrogen-bond donors (Lipinski definition) is 2. The lowest BCUT2D eigenvalue weighted by Gasteiger charge is -2.30. The molecule has 1 aromatic carbocycles. The van der Waals surface area contributed by atoms with Gasteiger partial charge in [0.1, 0.15) is 5.82 Å². The molecule has 3 rings (SSSR count). The maximum atomic E-state index is 13.2. The van der Waals surface area contributed by atoms with E-state index in [1.165, 1.54) is 4.90 Å². The van der Waals surface area contributed by atoms with E-state index in [1.54, 1.807) is 26.2 Å². The molecule has 0 atom stereocenters. The van der Waals surface area contributed by atoms with Gasteiger partial charge in [0.2, 0.25) is 5.95 Å². The van der Waals surface area contributed by atoms with E-state index in [2.05, 4.69) is 20.6 Å². The van der Waals surface area contributed by atoms with Crippen LogP contribution in [0.4, 0.5) is 30.6 Å². The molecule has 1 aliphatic rings. The van der Waals surface area contributed by atoms with Crippen LogP contribution in [0.2, 0.25) is 0 Å². The van der Waals surface area contributed by atoms with Gasteiger partial charge >= 0.3 is 6.18 Å². The number of carbonyl (C=O) groups excluding carboxylic acids is 1. The van der Waals surface area contributed by atoms with E-state index >= 15 is 0 Å². The number of alkyl halides is 3. The van der Waals surface area contributed by atoms with Crippen molar-refractivity contribution >= 4 is 50.4 Å². The molecule has 2 N–H and O–H groups in total. The van der Waals surface area contributed by atoms with Crippen molar-refractivity contribution in [2.45, 2.75) is 43.9 Å². The Kier molecular flexibility index (Phi) is 10.8. The largest absolute Gasteiger partial charge is 0.433 e. The molecule has 7 nitrogen and oxygen atoms in total. The summed E-state index contributed by atoms with van der Waals surface area (Å²) < 4.78 is 39.6. The van der Waals surface area contributed by atoms with Crippen LogP contribution in [0.15, 0.2) is 30.3 Å². The Morgan fingerprint density at radius 1 is 0.912 bits per heavy atom. The van der Waals surface area contributed by atoms with Gasteiger partial charge in [-0.05, 0) is 49.9 Å². The third kappa shape index (κ3) is 7.86. The van der Waals surface area contributed by atoms with Gasteiger partial charge in [-0.3, -0.25) is 4.79 Å². The Morgan fingerprint density at radius 3 is 1.97 bits per heavy atom. The van der Waals surface area contributed by atoms with Gasteiger partial charge < -0.3 is 20.4 Å². The lowest BCUT2D eigenvalue weighted by atomic mass is 9.91. The maximum Gasteiger partial charge on any atom is 0.433 e. The molecule has 0 spiro atoms. The summed E-state index contributed by atoms with van der Waals surface area (Å²) in [5.74, 6) is 0.0426. The second-order valence-corrected chi connectivity index (χ2v) is 8.44. The third-order valence-electron chi connectivity index (χ3n) is 5.47. The molecule has 1 saturated carbocycles. The van der Waals surface area contributed by atoms with Crippen LogP contribution in [0.1, 0.15) is 41.7 Å². The lowest BCUT2D eigenvalue weighted by molar-refractivity contribution is -0.141. The van der Waals surface area contributed by atoms with Gasteiger partial charge in [0.15, 0.2) is 5.69 Å². The van der Waals surface area contributed by atoms with Crippen LogP contribution in [0.5, 0.6) is 0 Å². The Morgan fingerprint density at radius 2 is 1.47 bits per heavy atom. The molecular weight excluding hydrogens is 485 g/mol. The predicted octanol–water partition coefficient (Wildman–Crippen LogP) is 4.01. The molecule has 0 saturated heterocycles. The minimum atomic E-state index is -4.54. The van der Waals surface area contributed by atoms with E-state index in [-0.39, 0.29) is 56.7 Å². The van der Waals surface area contributed by atoms with E-state index in [9.17, 15) is 18.0 Å². The number of amides is 1. The summed E-state index contributed by atoms with van der Waals surface area (Å²) in [6.45, 7) is 0. The number of nitrogens with zero attached hydrogens (tertiary/aromatic N) is 4. The highest BCUT2D eigenvalue weighted by Gasteiger charge is 2.34. The zero-order chi connectivity index (χ0) is 23.5. The van der Waals surface area contributed by atoms with Crippen molar-refractivity contribution in [2.24, 2.45) is 0 Å². The molecule has 1 heterocycles. The summed E-state index contributed by atoms with van der Waals surface area (Å²) in [6.07, 6.45) is -1.65. The highest BCUT2D eigenvalue weighted by Crippen LogP contribution is 2.31. The maximum absolute atomic E-state index is 13.2. The predicted molar refractivity (Wildman–Crippen MR) is 140 cm³/mol. The Balaban J connectivity index is 0.00000289. The van der Waals surface area contributed by atoms with Crippen molar-refractivity contribution in [3.05, 3.63) is 41.6 Å². The zero-order valence-corrected chi connectivity index (χ0v) is 21.7. The van der Waals surface area contributed by atoms with Crippen LogP contribution < -0.4 is 20.4 Å². The fourth-order valence-corrected chi connectivity index (χ4v) is 3.62. The van der Waals surface area contributed by atoms with E-state index in [1.807, 2.05) is 31.1 Å². The average molecular weight is 519 g/mol. The molecule has 0 unspecified atom stereocenters. The second kappa shape index (κ2) is 12.4. The number of benzene rings is 1. The average Bonchev–Trinajstić information content (AvgIpc) is 2.74. The van der Waals surface area contributed by atoms with Crippen LogP contribution in [0.3, 0.4) is 0 Å². The van der Waals surface area contributed by atoms with Gasteiger partial charge in [0.25, 0.3) is 5.91 Å². The molecule has 0 bridgehead atoms. The monoisotopic (exact) mass is 518 g/mol. The topological polar surface area (TPSA) is 73.4 Å². The smallest absolute Gasteiger partial charge is 0.378 e. The Hall–Kier alpha value is -2.34. The number of carbonyl (C=O) groups is 1. The van der Waals surface area contributed by atoms with Gasteiger partial charge in [-0.2, -0.15) is 45.1 Å². The number of rotatable bonds is 6. The first kappa shape index (κ1) is 29.7. The van der Waals surface area contributed by atoms with Gasteiger partial charge in [0.05, 0.1) is 0 Å². The third-order valence-corrected chi connectivity index (χ3v) is 5.47. The van der Waals surface area contributed by atoms with Crippen molar-refractivity contribution in [3.63, 3.8) is 0 Å². The SMILES string of the molecule is CN(C)c1ccc(C(=O)NC2CCC(Nc3cc(C(F)(F)F)nc(N(C)C)n3)CC2)cc1.S.S. The fraction of sp³-hybridized carbons (Fsp3) is 0.500. The zero-order valence-electron chi connectivity index (χ0n) is 19.7.